The number of rotatable bonds is 4. The maximum atomic E-state index is 13.3. The Labute approximate surface area is 201 Å². The van der Waals surface area contributed by atoms with Crippen LogP contribution in [0, 0.1) is 6.92 Å². The van der Waals surface area contributed by atoms with Gasteiger partial charge in [-0.05, 0) is 75.4 Å². The molecule has 1 aromatic heterocycles. The van der Waals surface area contributed by atoms with Crippen LogP contribution in [0.4, 0.5) is 5.69 Å². The molecule has 3 aromatic carbocycles. The van der Waals surface area contributed by atoms with Crippen LogP contribution in [0.5, 0.6) is 0 Å². The predicted octanol–water partition coefficient (Wildman–Crippen LogP) is 6.74. The molecule has 0 unspecified atom stereocenters. The Morgan fingerprint density at radius 1 is 0.941 bits per heavy atom. The number of esters is 1. The highest BCUT2D eigenvalue weighted by molar-refractivity contribution is 6.08. The van der Waals surface area contributed by atoms with E-state index in [9.17, 15) is 4.79 Å². The van der Waals surface area contributed by atoms with Crippen molar-refractivity contribution in [3.05, 3.63) is 95.2 Å². The minimum atomic E-state index is -0.590. The molecule has 1 aliphatic carbocycles. The fourth-order valence-electron chi connectivity index (χ4n) is 4.86. The SMILES string of the molecule is Cc1nc2ccc(NC3Cc4ccccc4C3)cc2c(-c2ccccc2)c1C(=O)OC(C)(C)C. The second-order valence-corrected chi connectivity index (χ2v) is 10.1. The first-order valence-corrected chi connectivity index (χ1v) is 11.8. The van der Waals surface area contributed by atoms with Crippen molar-refractivity contribution in [2.45, 2.75) is 52.2 Å². The van der Waals surface area contributed by atoms with Gasteiger partial charge in [0.25, 0.3) is 0 Å². The van der Waals surface area contributed by atoms with Crippen LogP contribution in [-0.2, 0) is 17.6 Å². The average molecular weight is 451 g/mol. The zero-order valence-electron chi connectivity index (χ0n) is 20.2. The zero-order valence-corrected chi connectivity index (χ0v) is 20.2. The monoisotopic (exact) mass is 450 g/mol. The molecule has 0 spiro atoms. The van der Waals surface area contributed by atoms with Gasteiger partial charge in [-0.15, -0.1) is 0 Å². The molecule has 0 aliphatic heterocycles. The van der Waals surface area contributed by atoms with E-state index in [2.05, 4.69) is 41.7 Å². The topological polar surface area (TPSA) is 51.2 Å². The number of aromatic nitrogens is 1. The minimum absolute atomic E-state index is 0.345. The van der Waals surface area contributed by atoms with Crippen molar-refractivity contribution in [3.63, 3.8) is 0 Å². The fourth-order valence-corrected chi connectivity index (χ4v) is 4.86. The third-order valence-corrected chi connectivity index (χ3v) is 6.25. The van der Waals surface area contributed by atoms with Crippen LogP contribution >= 0.6 is 0 Å². The van der Waals surface area contributed by atoms with Gasteiger partial charge in [0.15, 0.2) is 0 Å². The number of benzene rings is 3. The van der Waals surface area contributed by atoms with Gasteiger partial charge in [0.2, 0.25) is 0 Å². The molecule has 0 fully saturated rings. The molecule has 4 aromatic rings. The van der Waals surface area contributed by atoms with E-state index in [0.717, 1.165) is 40.6 Å². The fraction of sp³-hybridized carbons (Fsp3) is 0.267. The van der Waals surface area contributed by atoms with Crippen LogP contribution < -0.4 is 5.32 Å². The number of aryl methyl sites for hydroxylation is 1. The predicted molar refractivity (Wildman–Crippen MR) is 138 cm³/mol. The van der Waals surface area contributed by atoms with E-state index in [1.807, 2.05) is 64.1 Å². The number of carbonyl (C=O) groups excluding carboxylic acids is 1. The number of carbonyl (C=O) groups is 1. The molecule has 5 rings (SSSR count). The van der Waals surface area contributed by atoms with Crippen molar-refractivity contribution in [1.82, 2.24) is 4.98 Å². The smallest absolute Gasteiger partial charge is 0.341 e. The standard InChI is InChI=1S/C30H30N2O2/c1-19-27(29(33)34-30(2,3)4)28(20-10-6-5-7-11-20)25-18-23(14-15-26(25)31-19)32-24-16-21-12-8-9-13-22(21)17-24/h5-15,18,24,32H,16-17H2,1-4H3. The molecule has 1 aliphatic rings. The van der Waals surface area contributed by atoms with E-state index in [0.29, 0.717) is 17.3 Å². The van der Waals surface area contributed by atoms with Gasteiger partial charge in [-0.3, -0.25) is 4.98 Å². The maximum absolute atomic E-state index is 13.3. The lowest BCUT2D eigenvalue weighted by molar-refractivity contribution is 0.00693. The van der Waals surface area contributed by atoms with Crippen molar-refractivity contribution < 1.29 is 9.53 Å². The molecular weight excluding hydrogens is 420 g/mol. The van der Waals surface area contributed by atoms with Crippen molar-refractivity contribution >= 4 is 22.6 Å². The van der Waals surface area contributed by atoms with Gasteiger partial charge in [-0.1, -0.05) is 54.6 Å². The quantitative estimate of drug-likeness (QED) is 0.350. The first-order valence-electron chi connectivity index (χ1n) is 11.8. The third kappa shape index (κ3) is 4.41. The molecular formula is C30H30N2O2. The molecule has 0 radical (unpaired) electrons. The van der Waals surface area contributed by atoms with Crippen molar-refractivity contribution in [3.8, 4) is 11.1 Å². The Hall–Kier alpha value is -3.66. The van der Waals surface area contributed by atoms with Crippen LogP contribution in [0.3, 0.4) is 0 Å². The Morgan fingerprint density at radius 2 is 1.59 bits per heavy atom. The molecule has 34 heavy (non-hydrogen) atoms. The number of anilines is 1. The Balaban J connectivity index is 1.60. The number of ether oxygens (including phenoxy) is 1. The summed E-state index contributed by atoms with van der Waals surface area (Å²) < 4.78 is 5.79. The van der Waals surface area contributed by atoms with Crippen molar-refractivity contribution in [2.24, 2.45) is 0 Å². The number of fused-ring (bicyclic) bond motifs is 2. The minimum Gasteiger partial charge on any atom is -0.456 e. The lowest BCUT2D eigenvalue weighted by Crippen LogP contribution is -2.25. The summed E-state index contributed by atoms with van der Waals surface area (Å²) in [4.78, 5) is 18.1. The van der Waals surface area contributed by atoms with Crippen molar-refractivity contribution in [1.29, 1.82) is 0 Å². The maximum Gasteiger partial charge on any atom is 0.341 e. The normalized spacial score (nSPS) is 13.6. The molecule has 0 saturated carbocycles. The van der Waals surface area contributed by atoms with E-state index in [1.165, 1.54) is 11.1 Å². The molecule has 0 atom stereocenters. The summed E-state index contributed by atoms with van der Waals surface area (Å²) in [7, 11) is 0. The lowest BCUT2D eigenvalue weighted by atomic mass is 9.94. The summed E-state index contributed by atoms with van der Waals surface area (Å²) in [6.07, 6.45) is 2.02. The summed E-state index contributed by atoms with van der Waals surface area (Å²) in [5.41, 5.74) is 7.18. The molecule has 172 valence electrons. The van der Waals surface area contributed by atoms with Crippen molar-refractivity contribution in [2.75, 3.05) is 5.32 Å². The highest BCUT2D eigenvalue weighted by Crippen LogP contribution is 2.36. The van der Waals surface area contributed by atoms with E-state index in [1.54, 1.807) is 0 Å². The van der Waals surface area contributed by atoms with Gasteiger partial charge in [-0.25, -0.2) is 4.79 Å². The van der Waals surface area contributed by atoms with Gasteiger partial charge < -0.3 is 10.1 Å². The molecule has 4 heteroatoms. The van der Waals surface area contributed by atoms with Gasteiger partial charge >= 0.3 is 5.97 Å². The number of nitrogens with zero attached hydrogens (tertiary/aromatic N) is 1. The number of hydrogen-bond acceptors (Lipinski definition) is 4. The van der Waals surface area contributed by atoms with E-state index in [-0.39, 0.29) is 5.97 Å². The van der Waals surface area contributed by atoms with Crippen LogP contribution in [0.2, 0.25) is 0 Å². The summed E-state index contributed by atoms with van der Waals surface area (Å²) in [5, 5.41) is 4.66. The molecule has 0 bridgehead atoms. The Kier molecular flexibility index (Phi) is 5.60. The van der Waals surface area contributed by atoms with Crippen LogP contribution in [0.25, 0.3) is 22.0 Å². The molecule has 4 nitrogen and oxygen atoms in total. The highest BCUT2D eigenvalue weighted by atomic mass is 16.6. The van der Waals surface area contributed by atoms with Crippen LogP contribution in [-0.4, -0.2) is 22.6 Å². The first-order chi connectivity index (χ1) is 16.3. The molecule has 0 amide bonds. The van der Waals surface area contributed by atoms with Crippen LogP contribution in [0.1, 0.15) is 48.0 Å². The molecule has 0 saturated heterocycles. The first kappa shape index (κ1) is 22.1. The number of hydrogen-bond donors (Lipinski definition) is 1. The molecule has 1 heterocycles. The zero-order chi connectivity index (χ0) is 23.9. The second-order valence-electron chi connectivity index (χ2n) is 10.1. The highest BCUT2D eigenvalue weighted by Gasteiger charge is 2.26. The Bertz CT molecular complexity index is 1350. The van der Waals surface area contributed by atoms with Crippen LogP contribution in [0.15, 0.2) is 72.8 Å². The summed E-state index contributed by atoms with van der Waals surface area (Å²) in [6, 6.07) is 25.3. The summed E-state index contributed by atoms with van der Waals surface area (Å²) >= 11 is 0. The van der Waals surface area contributed by atoms with Gasteiger partial charge in [0.1, 0.15) is 5.60 Å². The summed E-state index contributed by atoms with van der Waals surface area (Å²) in [5.74, 6) is -0.345. The average Bonchev–Trinajstić information content (AvgIpc) is 3.20. The molecule has 1 N–H and O–H groups in total. The summed E-state index contributed by atoms with van der Waals surface area (Å²) in [6.45, 7) is 7.54. The lowest BCUT2D eigenvalue weighted by Gasteiger charge is -2.22. The van der Waals surface area contributed by atoms with E-state index >= 15 is 0 Å². The van der Waals surface area contributed by atoms with Gasteiger partial charge in [0, 0.05) is 22.7 Å². The third-order valence-electron chi connectivity index (χ3n) is 6.25. The number of nitrogens with one attached hydrogen (secondary N) is 1. The second kappa shape index (κ2) is 8.60. The largest absolute Gasteiger partial charge is 0.456 e. The number of pyridine rings is 1. The van der Waals surface area contributed by atoms with E-state index in [4.69, 9.17) is 9.72 Å². The van der Waals surface area contributed by atoms with Gasteiger partial charge in [-0.2, -0.15) is 0 Å². The van der Waals surface area contributed by atoms with Gasteiger partial charge in [0.05, 0.1) is 16.8 Å². The Morgan fingerprint density at radius 3 is 2.24 bits per heavy atom. The van der Waals surface area contributed by atoms with E-state index < -0.39 is 5.60 Å².